The van der Waals surface area contributed by atoms with Crippen molar-refractivity contribution in [1.29, 1.82) is 0 Å². The van der Waals surface area contributed by atoms with E-state index in [1.807, 2.05) is 36.1 Å². The number of amides is 1. The Hall–Kier alpha value is -3.62. The Morgan fingerprint density at radius 2 is 1.70 bits per heavy atom. The van der Waals surface area contributed by atoms with Crippen LogP contribution in [0.25, 0.3) is 11.3 Å². The van der Waals surface area contributed by atoms with Crippen LogP contribution in [0.2, 0.25) is 0 Å². The summed E-state index contributed by atoms with van der Waals surface area (Å²) in [6, 6.07) is 14.2. The molecule has 4 rings (SSSR count). The number of hydrogen-bond acceptors (Lipinski definition) is 4. The summed E-state index contributed by atoms with van der Waals surface area (Å²) >= 11 is 0. The molecule has 2 heterocycles. The van der Waals surface area contributed by atoms with E-state index in [-0.39, 0.29) is 18.0 Å². The minimum atomic E-state index is -4.40. The topological polar surface area (TPSA) is 58.4 Å². The molecule has 3 aromatic rings. The summed E-state index contributed by atoms with van der Waals surface area (Å²) in [7, 11) is 0. The fourth-order valence-electron chi connectivity index (χ4n) is 3.77. The van der Waals surface area contributed by atoms with Crippen molar-refractivity contribution in [1.82, 2.24) is 14.5 Å². The first-order valence-corrected chi connectivity index (χ1v) is 10.5. The first-order chi connectivity index (χ1) is 15.7. The van der Waals surface area contributed by atoms with Crippen LogP contribution < -0.4 is 10.5 Å². The zero-order valence-electron chi connectivity index (χ0n) is 18.0. The van der Waals surface area contributed by atoms with E-state index in [1.165, 1.54) is 23.0 Å². The number of piperazine rings is 1. The molecule has 1 saturated heterocycles. The molecule has 0 unspecified atom stereocenters. The van der Waals surface area contributed by atoms with Crippen molar-refractivity contribution in [3.05, 3.63) is 82.4 Å². The standard InChI is InChI=1S/C24H23F3N4O2/c1-17-5-7-18(8-6-17)21-14-22(32)31(16-28-21)15-23(33)30-11-9-29(10-12-30)20-4-2-3-19(13-20)24(25,26)27/h2-8,13-14,16H,9-12,15H2,1H3. The molecule has 0 spiro atoms. The minimum Gasteiger partial charge on any atom is -0.368 e. The first kappa shape index (κ1) is 22.6. The predicted octanol–water partition coefficient (Wildman–Crippen LogP) is 3.59. The quantitative estimate of drug-likeness (QED) is 0.602. The maximum Gasteiger partial charge on any atom is 0.416 e. The van der Waals surface area contributed by atoms with Crippen LogP contribution in [-0.4, -0.2) is 46.5 Å². The van der Waals surface area contributed by atoms with Gasteiger partial charge in [0.05, 0.1) is 17.6 Å². The van der Waals surface area contributed by atoms with Gasteiger partial charge < -0.3 is 9.80 Å². The van der Waals surface area contributed by atoms with E-state index >= 15 is 0 Å². The fraction of sp³-hybridized carbons (Fsp3) is 0.292. The monoisotopic (exact) mass is 456 g/mol. The molecule has 0 aliphatic carbocycles. The van der Waals surface area contributed by atoms with Crippen LogP contribution in [0.1, 0.15) is 11.1 Å². The number of rotatable bonds is 4. The average molecular weight is 456 g/mol. The summed E-state index contributed by atoms with van der Waals surface area (Å²) in [6.45, 7) is 3.38. The molecule has 0 saturated carbocycles. The molecular formula is C24H23F3N4O2. The maximum atomic E-state index is 13.0. The lowest BCUT2D eigenvalue weighted by Gasteiger charge is -2.36. The van der Waals surface area contributed by atoms with Crippen molar-refractivity contribution in [2.24, 2.45) is 0 Å². The number of benzene rings is 2. The van der Waals surface area contributed by atoms with Gasteiger partial charge in [0.15, 0.2) is 0 Å². The van der Waals surface area contributed by atoms with Crippen LogP contribution in [0.15, 0.2) is 65.7 Å². The largest absolute Gasteiger partial charge is 0.416 e. The van der Waals surface area contributed by atoms with E-state index in [0.717, 1.165) is 23.3 Å². The Kier molecular flexibility index (Phi) is 6.22. The normalized spacial score (nSPS) is 14.4. The van der Waals surface area contributed by atoms with Gasteiger partial charge in [-0.2, -0.15) is 13.2 Å². The van der Waals surface area contributed by atoms with Crippen LogP contribution in [0.4, 0.5) is 18.9 Å². The molecule has 9 heteroatoms. The van der Waals surface area contributed by atoms with Crippen molar-refractivity contribution in [3.8, 4) is 11.3 Å². The van der Waals surface area contributed by atoms with Gasteiger partial charge in [-0.1, -0.05) is 35.9 Å². The van der Waals surface area contributed by atoms with Gasteiger partial charge in [0.2, 0.25) is 5.91 Å². The van der Waals surface area contributed by atoms with Gasteiger partial charge >= 0.3 is 6.18 Å². The summed E-state index contributed by atoms with van der Waals surface area (Å²) in [4.78, 5) is 33.0. The van der Waals surface area contributed by atoms with Crippen LogP contribution >= 0.6 is 0 Å². The summed E-state index contributed by atoms with van der Waals surface area (Å²) < 4.78 is 40.2. The molecule has 1 amide bonds. The smallest absolute Gasteiger partial charge is 0.368 e. The van der Waals surface area contributed by atoms with Gasteiger partial charge in [-0.3, -0.25) is 14.2 Å². The van der Waals surface area contributed by atoms with E-state index in [2.05, 4.69) is 4.98 Å². The van der Waals surface area contributed by atoms with Crippen LogP contribution in [0.3, 0.4) is 0 Å². The van der Waals surface area contributed by atoms with E-state index in [1.54, 1.807) is 11.0 Å². The highest BCUT2D eigenvalue weighted by Gasteiger charge is 2.31. The number of aromatic nitrogens is 2. The number of anilines is 1. The highest BCUT2D eigenvalue weighted by Crippen LogP contribution is 2.31. The summed E-state index contributed by atoms with van der Waals surface area (Å²) in [5.74, 6) is -0.231. The minimum absolute atomic E-state index is 0.135. The van der Waals surface area contributed by atoms with Gasteiger partial charge in [0, 0.05) is 43.5 Å². The Bertz CT molecular complexity index is 1200. The second-order valence-corrected chi connectivity index (χ2v) is 8.02. The number of carbonyl (C=O) groups is 1. The molecule has 0 atom stereocenters. The van der Waals surface area contributed by atoms with Crippen molar-refractivity contribution in [2.45, 2.75) is 19.6 Å². The average Bonchev–Trinajstić information content (AvgIpc) is 2.80. The van der Waals surface area contributed by atoms with Crippen LogP contribution in [0, 0.1) is 6.92 Å². The molecule has 172 valence electrons. The number of nitrogens with zero attached hydrogens (tertiary/aromatic N) is 4. The second kappa shape index (κ2) is 9.09. The van der Waals surface area contributed by atoms with Gasteiger partial charge in [-0.15, -0.1) is 0 Å². The molecule has 33 heavy (non-hydrogen) atoms. The van der Waals surface area contributed by atoms with Crippen molar-refractivity contribution >= 4 is 11.6 Å². The Balaban J connectivity index is 1.38. The van der Waals surface area contributed by atoms with Crippen molar-refractivity contribution < 1.29 is 18.0 Å². The van der Waals surface area contributed by atoms with E-state index in [4.69, 9.17) is 0 Å². The predicted molar refractivity (Wildman–Crippen MR) is 119 cm³/mol. The number of halogens is 3. The zero-order valence-corrected chi connectivity index (χ0v) is 18.0. The summed E-state index contributed by atoms with van der Waals surface area (Å²) in [5.41, 5.74) is 1.92. The molecule has 0 radical (unpaired) electrons. The van der Waals surface area contributed by atoms with E-state index in [9.17, 15) is 22.8 Å². The number of carbonyl (C=O) groups excluding carboxylic acids is 1. The van der Waals surface area contributed by atoms with Gasteiger partial charge in [0.1, 0.15) is 6.54 Å². The molecule has 0 bridgehead atoms. The molecule has 1 aromatic heterocycles. The first-order valence-electron chi connectivity index (χ1n) is 10.5. The molecule has 0 N–H and O–H groups in total. The lowest BCUT2D eigenvalue weighted by Crippen LogP contribution is -2.50. The lowest BCUT2D eigenvalue weighted by atomic mass is 10.1. The van der Waals surface area contributed by atoms with Gasteiger partial charge in [0.25, 0.3) is 5.56 Å². The van der Waals surface area contributed by atoms with E-state index in [0.29, 0.717) is 37.6 Å². The van der Waals surface area contributed by atoms with Crippen LogP contribution in [-0.2, 0) is 17.5 Å². The SMILES string of the molecule is Cc1ccc(-c2cc(=O)n(CC(=O)N3CCN(c4cccc(C(F)(F)F)c4)CC3)cn2)cc1. The highest BCUT2D eigenvalue weighted by atomic mass is 19.4. The Morgan fingerprint density at radius 3 is 2.33 bits per heavy atom. The second-order valence-electron chi connectivity index (χ2n) is 8.02. The molecule has 1 aliphatic rings. The van der Waals surface area contributed by atoms with Crippen LogP contribution in [0.5, 0.6) is 0 Å². The van der Waals surface area contributed by atoms with Gasteiger partial charge in [-0.25, -0.2) is 4.98 Å². The summed E-state index contributed by atoms with van der Waals surface area (Å²) in [6.07, 6.45) is -3.03. The Morgan fingerprint density at radius 1 is 1.00 bits per heavy atom. The third-order valence-corrected chi connectivity index (χ3v) is 5.70. The van der Waals surface area contributed by atoms with Crippen molar-refractivity contribution in [2.75, 3.05) is 31.1 Å². The number of hydrogen-bond donors (Lipinski definition) is 0. The Labute approximate surface area is 188 Å². The molecule has 1 fully saturated rings. The molecule has 2 aromatic carbocycles. The molecule has 6 nitrogen and oxygen atoms in total. The third-order valence-electron chi connectivity index (χ3n) is 5.70. The summed E-state index contributed by atoms with van der Waals surface area (Å²) in [5, 5.41) is 0. The number of aryl methyl sites for hydroxylation is 1. The third kappa shape index (κ3) is 5.24. The molecule has 1 aliphatic heterocycles. The highest BCUT2D eigenvalue weighted by molar-refractivity contribution is 5.76. The molecular weight excluding hydrogens is 433 g/mol. The lowest BCUT2D eigenvalue weighted by molar-refractivity contribution is -0.137. The zero-order chi connectivity index (χ0) is 23.6. The van der Waals surface area contributed by atoms with Crippen molar-refractivity contribution in [3.63, 3.8) is 0 Å². The van der Waals surface area contributed by atoms with Gasteiger partial charge in [-0.05, 0) is 25.1 Å². The maximum absolute atomic E-state index is 13.0. The fourth-order valence-corrected chi connectivity index (χ4v) is 3.77. The number of alkyl halides is 3. The van der Waals surface area contributed by atoms with E-state index < -0.39 is 11.7 Å².